The van der Waals surface area contributed by atoms with E-state index in [-0.39, 0.29) is 5.91 Å². The third-order valence-corrected chi connectivity index (χ3v) is 7.27. The van der Waals surface area contributed by atoms with Crippen LogP contribution in [-0.2, 0) is 10.5 Å². The minimum Gasteiger partial charge on any atom is -0.328 e. The van der Waals surface area contributed by atoms with E-state index >= 15 is 0 Å². The lowest BCUT2D eigenvalue weighted by Gasteiger charge is -2.28. The molecule has 1 aliphatic rings. The van der Waals surface area contributed by atoms with Crippen LogP contribution in [0.4, 0.5) is 11.6 Å². The van der Waals surface area contributed by atoms with Gasteiger partial charge in [-0.3, -0.25) is 4.79 Å². The molecular formula is C26H20Cl3N5OS. The third-order valence-electron chi connectivity index (χ3n) is 5.63. The highest BCUT2D eigenvalue weighted by Gasteiger charge is 2.34. The highest BCUT2D eigenvalue weighted by atomic mass is 35.5. The summed E-state index contributed by atoms with van der Waals surface area (Å²) in [5.74, 6) is 0.974. The first kappa shape index (κ1) is 24.7. The topological polar surface area (TPSA) is 71.8 Å². The van der Waals surface area contributed by atoms with Gasteiger partial charge in [0.05, 0.1) is 5.57 Å². The van der Waals surface area contributed by atoms with Crippen molar-refractivity contribution >= 4 is 64.1 Å². The van der Waals surface area contributed by atoms with E-state index in [1.165, 1.54) is 11.8 Å². The number of nitrogens with one attached hydrogen (secondary N) is 2. The largest absolute Gasteiger partial charge is 0.328 e. The van der Waals surface area contributed by atoms with Gasteiger partial charge in [0.25, 0.3) is 5.91 Å². The molecule has 0 saturated heterocycles. The maximum absolute atomic E-state index is 13.5. The molecule has 0 aliphatic carbocycles. The Balaban J connectivity index is 1.48. The summed E-state index contributed by atoms with van der Waals surface area (Å²) < 4.78 is 1.74. The summed E-state index contributed by atoms with van der Waals surface area (Å²) >= 11 is 19.8. The van der Waals surface area contributed by atoms with Gasteiger partial charge in [-0.2, -0.15) is 4.98 Å². The summed E-state index contributed by atoms with van der Waals surface area (Å²) in [4.78, 5) is 18.2. The Hall–Kier alpha value is -2.97. The number of nitrogens with zero attached hydrogens (tertiary/aromatic N) is 3. The minimum absolute atomic E-state index is 0.260. The van der Waals surface area contributed by atoms with Crippen LogP contribution in [0.1, 0.15) is 24.1 Å². The van der Waals surface area contributed by atoms with E-state index in [1.54, 1.807) is 35.0 Å². The summed E-state index contributed by atoms with van der Waals surface area (Å²) in [6.07, 6.45) is 0. The highest BCUT2D eigenvalue weighted by Crippen LogP contribution is 2.37. The molecule has 36 heavy (non-hydrogen) atoms. The SMILES string of the molecule is CC1=C(C(=O)Nc2ccc(Cl)cc2)C(c2cccc(Cl)c2)n2nc(SCc3ccc(Cl)cc3)nc2N1. The Bertz CT molecular complexity index is 1450. The van der Waals surface area contributed by atoms with E-state index in [0.717, 1.165) is 11.1 Å². The predicted molar refractivity (Wildman–Crippen MR) is 147 cm³/mol. The van der Waals surface area contributed by atoms with Crippen molar-refractivity contribution in [1.82, 2.24) is 14.8 Å². The molecule has 0 radical (unpaired) electrons. The molecule has 1 aromatic heterocycles. The number of carbonyl (C=O) groups is 1. The fourth-order valence-electron chi connectivity index (χ4n) is 3.93. The summed E-state index contributed by atoms with van der Waals surface area (Å²) in [5.41, 5.74) is 3.76. The van der Waals surface area contributed by atoms with Crippen molar-refractivity contribution in [2.24, 2.45) is 0 Å². The van der Waals surface area contributed by atoms with Gasteiger partial charge in [0, 0.05) is 32.2 Å². The van der Waals surface area contributed by atoms with Crippen LogP contribution in [-0.4, -0.2) is 20.7 Å². The molecule has 3 aromatic carbocycles. The summed E-state index contributed by atoms with van der Waals surface area (Å²) in [6, 6.07) is 21.5. The van der Waals surface area contributed by atoms with Crippen molar-refractivity contribution < 1.29 is 4.79 Å². The molecule has 1 aliphatic heterocycles. The first-order valence-corrected chi connectivity index (χ1v) is 13.1. The van der Waals surface area contributed by atoms with Gasteiger partial charge in [0.1, 0.15) is 6.04 Å². The predicted octanol–water partition coefficient (Wildman–Crippen LogP) is 7.46. The van der Waals surface area contributed by atoms with Crippen LogP contribution < -0.4 is 10.6 Å². The Labute approximate surface area is 227 Å². The molecule has 0 bridgehead atoms. The molecule has 1 atom stereocenters. The van der Waals surface area contributed by atoms with Gasteiger partial charge in [0.15, 0.2) is 0 Å². The molecule has 1 amide bonds. The van der Waals surface area contributed by atoms with Crippen molar-refractivity contribution in [2.75, 3.05) is 10.6 Å². The van der Waals surface area contributed by atoms with E-state index in [2.05, 4.69) is 15.6 Å². The number of hydrogen-bond donors (Lipinski definition) is 2. The Morgan fingerprint density at radius 2 is 1.69 bits per heavy atom. The number of hydrogen-bond acceptors (Lipinski definition) is 5. The van der Waals surface area contributed by atoms with Gasteiger partial charge in [-0.15, -0.1) is 5.10 Å². The number of halogens is 3. The highest BCUT2D eigenvalue weighted by molar-refractivity contribution is 7.98. The fourth-order valence-corrected chi connectivity index (χ4v) is 5.17. The molecule has 0 saturated carbocycles. The van der Waals surface area contributed by atoms with Crippen molar-refractivity contribution in [2.45, 2.75) is 23.9 Å². The van der Waals surface area contributed by atoms with Crippen molar-refractivity contribution in [3.63, 3.8) is 0 Å². The number of allylic oxidation sites excluding steroid dienone is 1. The first-order chi connectivity index (χ1) is 17.4. The van der Waals surface area contributed by atoms with Gasteiger partial charge in [-0.1, -0.05) is 70.8 Å². The van der Waals surface area contributed by atoms with Gasteiger partial charge in [-0.05, 0) is 66.6 Å². The van der Waals surface area contributed by atoms with Crippen LogP contribution in [0, 0.1) is 0 Å². The smallest absolute Gasteiger partial charge is 0.255 e. The van der Waals surface area contributed by atoms with Crippen LogP contribution in [0.25, 0.3) is 0 Å². The summed E-state index contributed by atoms with van der Waals surface area (Å²) in [5, 5.41) is 13.4. The molecule has 6 nitrogen and oxygen atoms in total. The normalized spacial score (nSPS) is 14.8. The molecule has 4 aromatic rings. The van der Waals surface area contributed by atoms with Crippen molar-refractivity contribution in [3.05, 3.63) is 110 Å². The molecule has 10 heteroatoms. The zero-order valence-corrected chi connectivity index (χ0v) is 22.1. The number of amides is 1. The van der Waals surface area contributed by atoms with Crippen molar-refractivity contribution in [1.29, 1.82) is 0 Å². The first-order valence-electron chi connectivity index (χ1n) is 11.0. The van der Waals surface area contributed by atoms with Crippen molar-refractivity contribution in [3.8, 4) is 0 Å². The number of rotatable bonds is 6. The van der Waals surface area contributed by atoms with Crippen LogP contribution in [0.15, 0.2) is 89.2 Å². The van der Waals surface area contributed by atoms with E-state index in [9.17, 15) is 4.79 Å². The molecule has 2 heterocycles. The molecule has 0 fully saturated rings. The summed E-state index contributed by atoms with van der Waals surface area (Å²) in [6.45, 7) is 1.85. The van der Waals surface area contributed by atoms with Gasteiger partial charge in [-0.25, -0.2) is 4.68 Å². The molecular weight excluding hydrogens is 537 g/mol. The molecule has 2 N–H and O–H groups in total. The second-order valence-electron chi connectivity index (χ2n) is 8.16. The Morgan fingerprint density at radius 3 is 2.39 bits per heavy atom. The van der Waals surface area contributed by atoms with Gasteiger partial charge in [0.2, 0.25) is 11.1 Å². The lowest BCUT2D eigenvalue weighted by Crippen LogP contribution is -2.31. The Morgan fingerprint density at radius 1 is 1.00 bits per heavy atom. The molecule has 0 spiro atoms. The molecule has 5 rings (SSSR count). The maximum Gasteiger partial charge on any atom is 0.255 e. The van der Waals surface area contributed by atoms with Gasteiger partial charge < -0.3 is 10.6 Å². The quantitative estimate of drug-likeness (QED) is 0.241. The molecule has 1 unspecified atom stereocenters. The summed E-state index contributed by atoms with van der Waals surface area (Å²) in [7, 11) is 0. The number of carbonyl (C=O) groups excluding carboxylic acids is 1. The van der Waals surface area contributed by atoms with Gasteiger partial charge >= 0.3 is 0 Å². The number of anilines is 2. The number of benzene rings is 3. The third kappa shape index (κ3) is 5.39. The van der Waals surface area contributed by atoms with E-state index in [1.807, 2.05) is 49.4 Å². The van der Waals surface area contributed by atoms with Crippen LogP contribution >= 0.6 is 46.6 Å². The lowest BCUT2D eigenvalue weighted by atomic mass is 9.95. The number of aromatic nitrogens is 3. The monoisotopic (exact) mass is 555 g/mol. The number of fused-ring (bicyclic) bond motifs is 1. The van der Waals surface area contributed by atoms with E-state index in [0.29, 0.717) is 48.9 Å². The second kappa shape index (κ2) is 10.6. The fraction of sp³-hybridized carbons (Fsp3) is 0.115. The average Bonchev–Trinajstić information content (AvgIpc) is 3.26. The van der Waals surface area contributed by atoms with E-state index < -0.39 is 6.04 Å². The zero-order valence-electron chi connectivity index (χ0n) is 19.0. The van der Waals surface area contributed by atoms with Crippen LogP contribution in [0.3, 0.4) is 0 Å². The lowest BCUT2D eigenvalue weighted by molar-refractivity contribution is -0.113. The zero-order chi connectivity index (χ0) is 25.2. The number of thioether (sulfide) groups is 1. The second-order valence-corrected chi connectivity index (χ2v) is 10.4. The average molecular weight is 557 g/mol. The van der Waals surface area contributed by atoms with Crippen LogP contribution in [0.2, 0.25) is 15.1 Å². The Kier molecular flexibility index (Phi) is 7.25. The maximum atomic E-state index is 13.5. The minimum atomic E-state index is -0.523. The van der Waals surface area contributed by atoms with E-state index in [4.69, 9.17) is 39.9 Å². The molecule has 182 valence electrons. The standard InChI is InChI=1S/C26H20Cl3N5OS/c1-15-22(24(35)31-21-11-9-19(28)10-12-21)23(17-3-2-4-20(29)13-17)34-25(30-15)32-26(33-34)36-14-16-5-7-18(27)8-6-16/h2-13,23H,14H2,1H3,(H,31,35)(H,30,32,33). The van der Waals surface area contributed by atoms with Crippen LogP contribution in [0.5, 0.6) is 0 Å².